The van der Waals surface area contributed by atoms with Gasteiger partial charge in [-0.15, -0.1) is 11.6 Å². The molecule has 2 atom stereocenters. The molecule has 0 fully saturated rings. The number of allylic oxidation sites excluding steroid dienone is 2. The summed E-state index contributed by atoms with van der Waals surface area (Å²) in [5, 5.41) is 9.03. The molecule has 3 heteroatoms. The normalized spacial score (nSPS) is 28.2. The second-order valence-electron chi connectivity index (χ2n) is 3.88. The molecule has 74 valence electrons. The summed E-state index contributed by atoms with van der Waals surface area (Å²) >= 11 is 6.08. The summed E-state index contributed by atoms with van der Waals surface area (Å²) in [4.78, 5) is 10.7. The lowest BCUT2D eigenvalue weighted by atomic mass is 9.81. The standard InChI is InChI=1S/C10H15ClO2/c1-7-3-4-8(5-9(7)13)10(2,11)6-12/h3,8,12H,4-6H2,1-2H3. The maximum atomic E-state index is 11.4. The summed E-state index contributed by atoms with van der Waals surface area (Å²) in [5.74, 6) is 0.215. The Kier molecular flexibility index (Phi) is 3.14. The third-order valence-electron chi connectivity index (χ3n) is 2.74. The number of carbonyl (C=O) groups excluding carboxylic acids is 1. The van der Waals surface area contributed by atoms with Gasteiger partial charge in [-0.1, -0.05) is 6.08 Å². The van der Waals surface area contributed by atoms with Crippen molar-refractivity contribution in [2.24, 2.45) is 5.92 Å². The van der Waals surface area contributed by atoms with Gasteiger partial charge in [0.1, 0.15) is 0 Å². The maximum Gasteiger partial charge on any atom is 0.158 e. The van der Waals surface area contributed by atoms with Crippen molar-refractivity contribution in [1.82, 2.24) is 0 Å². The number of Topliss-reactive ketones (excluding diaryl/α,β-unsaturated/α-hetero) is 1. The van der Waals surface area contributed by atoms with Crippen LogP contribution in [0.2, 0.25) is 0 Å². The highest BCUT2D eigenvalue weighted by atomic mass is 35.5. The van der Waals surface area contributed by atoms with E-state index in [9.17, 15) is 4.79 Å². The first kappa shape index (κ1) is 10.7. The Balaban J connectivity index is 2.73. The zero-order chi connectivity index (χ0) is 10.1. The number of aliphatic hydroxyl groups excluding tert-OH is 1. The van der Waals surface area contributed by atoms with Crippen molar-refractivity contribution in [3.63, 3.8) is 0 Å². The van der Waals surface area contributed by atoms with Crippen LogP contribution in [0.5, 0.6) is 0 Å². The van der Waals surface area contributed by atoms with E-state index in [4.69, 9.17) is 16.7 Å². The first-order chi connectivity index (χ1) is 5.97. The molecule has 1 N–H and O–H groups in total. The third kappa shape index (κ3) is 2.32. The van der Waals surface area contributed by atoms with Crippen molar-refractivity contribution in [2.75, 3.05) is 6.61 Å². The van der Waals surface area contributed by atoms with Crippen LogP contribution in [0.15, 0.2) is 11.6 Å². The van der Waals surface area contributed by atoms with E-state index in [-0.39, 0.29) is 18.3 Å². The molecule has 0 aliphatic heterocycles. The lowest BCUT2D eigenvalue weighted by Gasteiger charge is -2.31. The molecule has 0 aromatic heterocycles. The molecule has 2 nitrogen and oxygen atoms in total. The van der Waals surface area contributed by atoms with Crippen LogP contribution in [0.3, 0.4) is 0 Å². The second-order valence-corrected chi connectivity index (χ2v) is 4.75. The van der Waals surface area contributed by atoms with E-state index in [1.165, 1.54) is 0 Å². The number of alkyl halides is 1. The minimum absolute atomic E-state index is 0.0652. The van der Waals surface area contributed by atoms with E-state index in [0.717, 1.165) is 12.0 Å². The Morgan fingerprint density at radius 3 is 2.85 bits per heavy atom. The van der Waals surface area contributed by atoms with E-state index in [2.05, 4.69) is 0 Å². The van der Waals surface area contributed by atoms with E-state index < -0.39 is 4.87 Å². The minimum Gasteiger partial charge on any atom is -0.395 e. The van der Waals surface area contributed by atoms with Crippen LogP contribution in [-0.2, 0) is 4.79 Å². The van der Waals surface area contributed by atoms with Gasteiger partial charge in [0.2, 0.25) is 0 Å². The number of carbonyl (C=O) groups is 1. The highest BCUT2D eigenvalue weighted by molar-refractivity contribution is 6.24. The Bertz CT molecular complexity index is 243. The maximum absolute atomic E-state index is 11.4. The topological polar surface area (TPSA) is 37.3 Å². The molecular formula is C10H15ClO2. The van der Waals surface area contributed by atoms with Gasteiger partial charge in [-0.05, 0) is 31.8 Å². The Labute approximate surface area is 83.6 Å². The van der Waals surface area contributed by atoms with E-state index in [0.29, 0.717) is 6.42 Å². The summed E-state index contributed by atoms with van der Waals surface area (Å²) in [6.07, 6.45) is 3.16. The number of halogens is 1. The molecule has 0 heterocycles. The van der Waals surface area contributed by atoms with Crippen LogP contribution < -0.4 is 0 Å². The SMILES string of the molecule is CC1=CCC(C(C)(Cl)CO)CC1=O. The molecule has 0 radical (unpaired) electrons. The average Bonchev–Trinajstić information content (AvgIpc) is 2.09. The van der Waals surface area contributed by atoms with Crippen molar-refractivity contribution < 1.29 is 9.90 Å². The molecule has 0 amide bonds. The first-order valence-corrected chi connectivity index (χ1v) is 4.85. The number of hydrogen-bond acceptors (Lipinski definition) is 2. The van der Waals surface area contributed by atoms with Crippen LogP contribution in [0.25, 0.3) is 0 Å². The fourth-order valence-electron chi connectivity index (χ4n) is 1.49. The van der Waals surface area contributed by atoms with Gasteiger partial charge in [-0.25, -0.2) is 0 Å². The predicted molar refractivity (Wildman–Crippen MR) is 52.8 cm³/mol. The monoisotopic (exact) mass is 202 g/mol. The second kappa shape index (κ2) is 3.81. The van der Waals surface area contributed by atoms with E-state index >= 15 is 0 Å². The molecule has 1 aliphatic rings. The smallest absolute Gasteiger partial charge is 0.158 e. The van der Waals surface area contributed by atoms with Gasteiger partial charge in [0.15, 0.2) is 5.78 Å². The zero-order valence-corrected chi connectivity index (χ0v) is 8.77. The number of rotatable bonds is 2. The van der Waals surface area contributed by atoms with E-state index in [1.807, 2.05) is 13.0 Å². The Morgan fingerprint density at radius 2 is 2.38 bits per heavy atom. The van der Waals surface area contributed by atoms with Gasteiger partial charge in [0.05, 0.1) is 11.5 Å². The summed E-state index contributed by atoms with van der Waals surface area (Å²) in [5.41, 5.74) is 0.821. The Hall–Kier alpha value is -0.340. The number of hydrogen-bond donors (Lipinski definition) is 1. The van der Waals surface area contributed by atoms with Crippen molar-refractivity contribution in [3.05, 3.63) is 11.6 Å². The lowest BCUT2D eigenvalue weighted by molar-refractivity contribution is -0.117. The first-order valence-electron chi connectivity index (χ1n) is 4.47. The van der Waals surface area contributed by atoms with Gasteiger partial charge in [0.25, 0.3) is 0 Å². The zero-order valence-electron chi connectivity index (χ0n) is 8.01. The van der Waals surface area contributed by atoms with Crippen LogP contribution in [0.4, 0.5) is 0 Å². The molecule has 0 saturated carbocycles. The lowest BCUT2D eigenvalue weighted by Crippen LogP contribution is -2.35. The van der Waals surface area contributed by atoms with Gasteiger partial charge < -0.3 is 5.11 Å². The fraction of sp³-hybridized carbons (Fsp3) is 0.700. The van der Waals surface area contributed by atoms with E-state index in [1.54, 1.807) is 6.92 Å². The molecule has 2 unspecified atom stereocenters. The van der Waals surface area contributed by atoms with Crippen LogP contribution in [0.1, 0.15) is 26.7 Å². The van der Waals surface area contributed by atoms with Crippen molar-refractivity contribution in [2.45, 2.75) is 31.6 Å². The molecule has 0 saturated heterocycles. The molecule has 0 aromatic rings. The number of ketones is 1. The molecule has 1 rings (SSSR count). The molecule has 1 aliphatic carbocycles. The van der Waals surface area contributed by atoms with Gasteiger partial charge >= 0.3 is 0 Å². The fourth-order valence-corrected chi connectivity index (χ4v) is 1.65. The van der Waals surface area contributed by atoms with Crippen LogP contribution >= 0.6 is 11.6 Å². The highest BCUT2D eigenvalue weighted by Crippen LogP contribution is 2.34. The Morgan fingerprint density at radius 1 is 1.77 bits per heavy atom. The minimum atomic E-state index is -0.660. The molecule has 0 spiro atoms. The highest BCUT2D eigenvalue weighted by Gasteiger charge is 2.34. The average molecular weight is 203 g/mol. The molecule has 13 heavy (non-hydrogen) atoms. The molecular weight excluding hydrogens is 188 g/mol. The van der Waals surface area contributed by atoms with Crippen molar-refractivity contribution in [3.8, 4) is 0 Å². The van der Waals surface area contributed by atoms with Crippen molar-refractivity contribution in [1.29, 1.82) is 0 Å². The molecule has 0 bridgehead atoms. The predicted octanol–water partition coefficient (Wildman–Crippen LogP) is 1.90. The van der Waals surface area contributed by atoms with Crippen LogP contribution in [0, 0.1) is 5.92 Å². The van der Waals surface area contributed by atoms with Crippen LogP contribution in [-0.4, -0.2) is 22.4 Å². The van der Waals surface area contributed by atoms with Gasteiger partial charge in [-0.2, -0.15) is 0 Å². The summed E-state index contributed by atoms with van der Waals surface area (Å²) in [7, 11) is 0. The van der Waals surface area contributed by atoms with Gasteiger partial charge in [-0.3, -0.25) is 4.79 Å². The largest absolute Gasteiger partial charge is 0.395 e. The quantitative estimate of drug-likeness (QED) is 0.695. The summed E-state index contributed by atoms with van der Waals surface area (Å²) < 4.78 is 0. The van der Waals surface area contributed by atoms with Gasteiger partial charge in [0, 0.05) is 6.42 Å². The van der Waals surface area contributed by atoms with Crippen molar-refractivity contribution >= 4 is 17.4 Å². The third-order valence-corrected chi connectivity index (χ3v) is 3.17. The summed E-state index contributed by atoms with van der Waals surface area (Å²) in [6.45, 7) is 3.52. The molecule has 0 aromatic carbocycles. The number of aliphatic hydroxyl groups is 1. The summed E-state index contributed by atoms with van der Waals surface area (Å²) in [6, 6.07) is 0.